The van der Waals surface area contributed by atoms with Crippen LogP contribution < -0.4 is 5.73 Å². The van der Waals surface area contributed by atoms with Crippen LogP contribution in [0, 0.1) is 0 Å². The number of aliphatic hydroxyl groups excluding tert-OH is 2. The van der Waals surface area contributed by atoms with E-state index in [-0.39, 0.29) is 6.42 Å². The second kappa shape index (κ2) is 15.8. The predicted molar refractivity (Wildman–Crippen MR) is 107 cm³/mol. The number of carboxylic acids is 1. The maximum Gasteiger partial charge on any atom is 0.328 e. The Hall–Kier alpha value is -1.24. The average Bonchev–Trinajstić information content (AvgIpc) is 2.65. The smallest absolute Gasteiger partial charge is 0.328 e. The van der Waals surface area contributed by atoms with E-state index in [4.69, 9.17) is 15.9 Å². The maximum absolute atomic E-state index is 11.7. The molecule has 0 aliphatic heterocycles. The molecule has 6 heteroatoms. The quantitative estimate of drug-likeness (QED) is 0.212. The molecule has 0 saturated carbocycles. The minimum Gasteiger partial charge on any atom is -0.480 e. The van der Waals surface area contributed by atoms with Gasteiger partial charge in [-0.25, -0.2) is 0 Å². The Kier molecular flexibility index (Phi) is 15.1. The highest BCUT2D eigenvalue weighted by atomic mass is 16.4. The van der Waals surface area contributed by atoms with Crippen LogP contribution in [0.25, 0.3) is 0 Å². The third kappa shape index (κ3) is 12.0. The SMILES string of the molecule is CCCCCCC(=O)CCCCCCC=CCC[C@@H](O)[C@@](N)(CO)C(=O)O. The zero-order chi connectivity index (χ0) is 20.5. The number of aliphatic carboxylic acids is 1. The highest BCUT2D eigenvalue weighted by Gasteiger charge is 2.40. The van der Waals surface area contributed by atoms with E-state index < -0.39 is 24.2 Å². The number of ketones is 1. The largest absolute Gasteiger partial charge is 0.480 e. The third-order valence-corrected chi connectivity index (χ3v) is 4.91. The molecule has 2 atom stereocenters. The third-order valence-electron chi connectivity index (χ3n) is 4.91. The summed E-state index contributed by atoms with van der Waals surface area (Å²) < 4.78 is 0. The van der Waals surface area contributed by atoms with Gasteiger partial charge in [-0.3, -0.25) is 9.59 Å². The monoisotopic (exact) mass is 385 g/mol. The molecule has 0 radical (unpaired) electrons. The average molecular weight is 386 g/mol. The van der Waals surface area contributed by atoms with Crippen molar-refractivity contribution < 1.29 is 24.9 Å². The van der Waals surface area contributed by atoms with E-state index in [2.05, 4.69) is 6.92 Å². The first kappa shape index (κ1) is 25.8. The molecule has 0 saturated heterocycles. The van der Waals surface area contributed by atoms with E-state index in [9.17, 15) is 14.7 Å². The molecule has 0 aromatic heterocycles. The number of aliphatic hydroxyl groups is 2. The first-order chi connectivity index (χ1) is 12.9. The summed E-state index contributed by atoms with van der Waals surface area (Å²) in [6, 6.07) is 0. The van der Waals surface area contributed by atoms with Gasteiger partial charge in [0.2, 0.25) is 0 Å². The number of hydrogen-bond donors (Lipinski definition) is 4. The van der Waals surface area contributed by atoms with Gasteiger partial charge in [0.1, 0.15) is 5.78 Å². The van der Waals surface area contributed by atoms with Crippen molar-refractivity contribution in [3.63, 3.8) is 0 Å². The van der Waals surface area contributed by atoms with Crippen molar-refractivity contribution >= 4 is 11.8 Å². The van der Waals surface area contributed by atoms with Crippen molar-refractivity contribution in [3.8, 4) is 0 Å². The van der Waals surface area contributed by atoms with E-state index in [1.54, 1.807) is 0 Å². The van der Waals surface area contributed by atoms with Gasteiger partial charge in [-0.1, -0.05) is 51.2 Å². The molecule has 0 heterocycles. The number of hydrogen-bond acceptors (Lipinski definition) is 5. The Balaban J connectivity index is 3.63. The summed E-state index contributed by atoms with van der Waals surface area (Å²) in [7, 11) is 0. The minimum atomic E-state index is -2.00. The molecule has 0 rings (SSSR count). The van der Waals surface area contributed by atoms with Crippen molar-refractivity contribution in [1.29, 1.82) is 0 Å². The zero-order valence-electron chi connectivity index (χ0n) is 16.9. The number of unbranched alkanes of at least 4 members (excludes halogenated alkanes) is 7. The number of carbonyl (C=O) groups is 2. The van der Waals surface area contributed by atoms with Crippen LogP contribution in [-0.2, 0) is 9.59 Å². The summed E-state index contributed by atoms with van der Waals surface area (Å²) >= 11 is 0. The molecule has 6 nitrogen and oxygen atoms in total. The van der Waals surface area contributed by atoms with E-state index in [1.165, 1.54) is 12.8 Å². The molecular formula is C21H39NO5. The Morgan fingerprint density at radius 3 is 2.07 bits per heavy atom. The van der Waals surface area contributed by atoms with Crippen molar-refractivity contribution in [3.05, 3.63) is 12.2 Å². The lowest BCUT2D eigenvalue weighted by Crippen LogP contribution is -2.60. The van der Waals surface area contributed by atoms with Gasteiger partial charge < -0.3 is 21.1 Å². The summed E-state index contributed by atoms with van der Waals surface area (Å²) in [6.45, 7) is 1.37. The van der Waals surface area contributed by atoms with Gasteiger partial charge in [0, 0.05) is 12.8 Å². The van der Waals surface area contributed by atoms with E-state index in [0.29, 0.717) is 18.6 Å². The van der Waals surface area contributed by atoms with Crippen molar-refractivity contribution in [2.75, 3.05) is 6.61 Å². The molecule has 0 aromatic carbocycles. The number of Topliss-reactive ketones (excluding diaryl/α,β-unsaturated/α-hetero) is 1. The lowest BCUT2D eigenvalue weighted by atomic mass is 9.91. The van der Waals surface area contributed by atoms with Crippen LogP contribution in [0.5, 0.6) is 0 Å². The maximum atomic E-state index is 11.7. The standard InChI is InChI=1S/C21H39NO5/c1-2-3-4-11-14-18(24)15-12-9-7-5-6-8-10-13-16-19(25)21(22,17-23)20(26)27/h8,10,19,23,25H,2-7,9,11-17,22H2,1H3,(H,26,27)/t19-,21+/m1/s1. The summed E-state index contributed by atoms with van der Waals surface area (Å²) in [4.78, 5) is 22.7. The fraction of sp³-hybridized carbons (Fsp3) is 0.810. The molecule has 0 bridgehead atoms. The normalized spacial score (nSPS) is 15.0. The number of rotatable bonds is 18. The van der Waals surface area contributed by atoms with Crippen LogP contribution >= 0.6 is 0 Å². The molecule has 158 valence electrons. The summed E-state index contributed by atoms with van der Waals surface area (Å²) in [5.41, 5.74) is 3.51. The second-order valence-electron chi connectivity index (χ2n) is 7.37. The first-order valence-corrected chi connectivity index (χ1v) is 10.4. The first-order valence-electron chi connectivity index (χ1n) is 10.4. The molecule has 0 aliphatic rings. The molecule has 27 heavy (non-hydrogen) atoms. The van der Waals surface area contributed by atoms with Crippen molar-refractivity contribution in [2.45, 2.75) is 102 Å². The van der Waals surface area contributed by atoms with Gasteiger partial charge in [-0.15, -0.1) is 0 Å². The van der Waals surface area contributed by atoms with E-state index in [0.717, 1.165) is 51.4 Å². The molecule has 0 amide bonds. The summed E-state index contributed by atoms with van der Waals surface area (Å²) in [6.07, 6.45) is 14.5. The summed E-state index contributed by atoms with van der Waals surface area (Å²) in [5, 5.41) is 27.9. The minimum absolute atomic E-state index is 0.195. The number of nitrogens with two attached hydrogens (primary N) is 1. The molecule has 0 spiro atoms. The molecule has 0 aliphatic carbocycles. The van der Waals surface area contributed by atoms with E-state index >= 15 is 0 Å². The lowest BCUT2D eigenvalue weighted by molar-refractivity contribution is -0.150. The number of carbonyl (C=O) groups excluding carboxylic acids is 1. The van der Waals surface area contributed by atoms with Gasteiger partial charge in [0.25, 0.3) is 0 Å². The van der Waals surface area contributed by atoms with Gasteiger partial charge in [0.05, 0.1) is 12.7 Å². The second-order valence-corrected chi connectivity index (χ2v) is 7.37. The van der Waals surface area contributed by atoms with Crippen molar-refractivity contribution in [1.82, 2.24) is 0 Å². The Morgan fingerprint density at radius 2 is 1.52 bits per heavy atom. The zero-order valence-corrected chi connectivity index (χ0v) is 16.9. The fourth-order valence-electron chi connectivity index (χ4n) is 2.87. The van der Waals surface area contributed by atoms with Crippen LogP contribution in [0.2, 0.25) is 0 Å². The fourth-order valence-corrected chi connectivity index (χ4v) is 2.87. The number of carboxylic acid groups (broad SMARTS) is 1. The Labute approximate surface area is 163 Å². The molecular weight excluding hydrogens is 346 g/mol. The van der Waals surface area contributed by atoms with Crippen LogP contribution in [0.15, 0.2) is 12.2 Å². The van der Waals surface area contributed by atoms with Gasteiger partial charge in [0.15, 0.2) is 5.54 Å². The number of allylic oxidation sites excluding steroid dienone is 2. The summed E-state index contributed by atoms with van der Waals surface area (Å²) in [5.74, 6) is -1.01. The van der Waals surface area contributed by atoms with Gasteiger partial charge in [-0.05, 0) is 38.5 Å². The van der Waals surface area contributed by atoms with Crippen LogP contribution in [0.3, 0.4) is 0 Å². The van der Waals surface area contributed by atoms with Crippen LogP contribution in [-0.4, -0.2) is 45.3 Å². The molecule has 5 N–H and O–H groups in total. The highest BCUT2D eigenvalue weighted by Crippen LogP contribution is 2.14. The predicted octanol–water partition coefficient (Wildman–Crippen LogP) is 3.34. The lowest BCUT2D eigenvalue weighted by Gasteiger charge is -2.27. The Bertz CT molecular complexity index is 438. The molecule has 0 aromatic rings. The highest BCUT2D eigenvalue weighted by molar-refractivity contribution is 5.79. The van der Waals surface area contributed by atoms with Crippen molar-refractivity contribution in [2.24, 2.45) is 5.73 Å². The molecule has 0 fully saturated rings. The molecule has 0 unspecified atom stereocenters. The Morgan fingerprint density at radius 1 is 0.963 bits per heavy atom. The van der Waals surface area contributed by atoms with Gasteiger partial charge >= 0.3 is 5.97 Å². The van der Waals surface area contributed by atoms with Gasteiger partial charge in [-0.2, -0.15) is 0 Å². The van der Waals surface area contributed by atoms with Crippen LogP contribution in [0.1, 0.15) is 90.4 Å². The van der Waals surface area contributed by atoms with E-state index in [1.807, 2.05) is 12.2 Å². The van der Waals surface area contributed by atoms with Crippen LogP contribution in [0.4, 0.5) is 0 Å². The topological polar surface area (TPSA) is 121 Å².